The third-order valence-electron chi connectivity index (χ3n) is 4.46. The molecule has 1 atom stereocenters. The number of benzene rings is 2. The Balaban J connectivity index is 1.84. The predicted octanol–water partition coefficient (Wildman–Crippen LogP) is 3.24. The van der Waals surface area contributed by atoms with E-state index in [2.05, 4.69) is 4.99 Å². The summed E-state index contributed by atoms with van der Waals surface area (Å²) in [6, 6.07) is 9.70. The van der Waals surface area contributed by atoms with E-state index >= 15 is 0 Å². The van der Waals surface area contributed by atoms with E-state index in [0.717, 1.165) is 10.6 Å². The first-order valence-corrected chi connectivity index (χ1v) is 9.74. The molecule has 0 aromatic heterocycles. The Morgan fingerprint density at radius 1 is 0.931 bits per heavy atom. The average molecular weight is 415 g/mol. The first-order valence-electron chi connectivity index (χ1n) is 8.76. The van der Waals surface area contributed by atoms with Gasteiger partial charge in [0.25, 0.3) is 0 Å². The highest BCUT2D eigenvalue weighted by atomic mass is 32.2. The Hall–Kier alpha value is -3.00. The van der Waals surface area contributed by atoms with Crippen LogP contribution in [0.5, 0.6) is 17.2 Å². The SMILES string of the molecule is COC(=O)c1ccc(C2=NC(C(=O)c3cc(OC)c(OC)c(OC)c3)CS2)cc1. The van der Waals surface area contributed by atoms with Gasteiger partial charge in [-0.15, -0.1) is 11.8 Å². The van der Waals surface area contributed by atoms with Crippen molar-refractivity contribution in [1.29, 1.82) is 0 Å². The van der Waals surface area contributed by atoms with Gasteiger partial charge in [0.05, 0.1) is 39.0 Å². The molecular formula is C21H21NO6S. The maximum atomic E-state index is 13.0. The summed E-state index contributed by atoms with van der Waals surface area (Å²) >= 11 is 1.50. The minimum Gasteiger partial charge on any atom is -0.493 e. The quantitative estimate of drug-likeness (QED) is 0.507. The van der Waals surface area contributed by atoms with Crippen molar-refractivity contribution in [2.24, 2.45) is 4.99 Å². The second-order valence-corrected chi connectivity index (χ2v) is 7.12. The number of rotatable bonds is 7. The lowest BCUT2D eigenvalue weighted by atomic mass is 10.0. The molecular weight excluding hydrogens is 394 g/mol. The van der Waals surface area contributed by atoms with Crippen molar-refractivity contribution in [2.45, 2.75) is 6.04 Å². The molecule has 2 aromatic carbocycles. The maximum Gasteiger partial charge on any atom is 0.337 e. The minimum absolute atomic E-state index is 0.127. The standard InChI is InChI=1S/C21H21NO6S/c1-25-16-9-14(10-17(26-2)19(16)27-3)18(23)15-11-29-20(22-15)12-5-7-13(8-6-12)21(24)28-4/h5-10,15H,11H2,1-4H3. The number of aliphatic imine (C=N–C) groups is 1. The van der Waals surface area contributed by atoms with E-state index in [-0.39, 0.29) is 5.78 Å². The van der Waals surface area contributed by atoms with Gasteiger partial charge < -0.3 is 18.9 Å². The second kappa shape index (κ2) is 9.00. The summed E-state index contributed by atoms with van der Waals surface area (Å²) in [6.07, 6.45) is 0. The van der Waals surface area contributed by atoms with Crippen molar-refractivity contribution in [3.05, 3.63) is 53.1 Å². The topological polar surface area (TPSA) is 83.4 Å². The van der Waals surface area contributed by atoms with E-state index in [4.69, 9.17) is 18.9 Å². The summed E-state index contributed by atoms with van der Waals surface area (Å²) in [5.74, 6) is 1.28. The molecule has 0 fully saturated rings. The number of nitrogens with zero attached hydrogens (tertiary/aromatic N) is 1. The number of hydrogen-bond donors (Lipinski definition) is 0. The van der Waals surface area contributed by atoms with Crippen molar-refractivity contribution in [1.82, 2.24) is 0 Å². The van der Waals surface area contributed by atoms with Crippen LogP contribution in [0.2, 0.25) is 0 Å². The smallest absolute Gasteiger partial charge is 0.337 e. The Morgan fingerprint density at radius 3 is 2.07 bits per heavy atom. The number of ketones is 1. The van der Waals surface area contributed by atoms with Crippen LogP contribution in [0.1, 0.15) is 26.3 Å². The Bertz CT molecular complexity index is 929. The average Bonchev–Trinajstić information content (AvgIpc) is 3.27. The molecule has 0 saturated carbocycles. The second-order valence-electron chi connectivity index (χ2n) is 6.11. The van der Waals surface area contributed by atoms with Gasteiger partial charge in [0.1, 0.15) is 6.04 Å². The number of ether oxygens (including phenoxy) is 4. The highest BCUT2D eigenvalue weighted by molar-refractivity contribution is 8.14. The third-order valence-corrected chi connectivity index (χ3v) is 5.55. The zero-order valence-corrected chi connectivity index (χ0v) is 17.4. The number of Topliss-reactive ketones (excluding diaryl/α,β-unsaturated/α-hetero) is 1. The number of carbonyl (C=O) groups excluding carboxylic acids is 2. The Morgan fingerprint density at radius 2 is 1.55 bits per heavy atom. The van der Waals surface area contributed by atoms with Gasteiger partial charge in [-0.25, -0.2) is 4.79 Å². The molecule has 0 saturated heterocycles. The molecule has 8 heteroatoms. The lowest BCUT2D eigenvalue weighted by Gasteiger charge is -2.14. The van der Waals surface area contributed by atoms with Gasteiger partial charge in [-0.1, -0.05) is 12.1 Å². The van der Waals surface area contributed by atoms with Gasteiger partial charge in [0.2, 0.25) is 5.75 Å². The fourth-order valence-corrected chi connectivity index (χ4v) is 3.99. The molecule has 152 valence electrons. The third kappa shape index (κ3) is 4.22. The number of carbonyl (C=O) groups is 2. The van der Waals surface area contributed by atoms with Crippen LogP contribution in [0.3, 0.4) is 0 Å². The maximum absolute atomic E-state index is 13.0. The van der Waals surface area contributed by atoms with Gasteiger partial charge in [0, 0.05) is 16.9 Å². The van der Waals surface area contributed by atoms with Gasteiger partial charge in [-0.05, 0) is 24.3 Å². The minimum atomic E-state index is -0.516. The number of esters is 1. The number of thioether (sulfide) groups is 1. The molecule has 0 N–H and O–H groups in total. The predicted molar refractivity (Wildman–Crippen MR) is 111 cm³/mol. The summed E-state index contributed by atoms with van der Waals surface area (Å²) in [7, 11) is 5.86. The van der Waals surface area contributed by atoms with Crippen LogP contribution in [-0.4, -0.2) is 57.0 Å². The van der Waals surface area contributed by atoms with Crippen molar-refractivity contribution in [3.8, 4) is 17.2 Å². The van der Waals surface area contributed by atoms with Gasteiger partial charge in [0.15, 0.2) is 17.3 Å². The zero-order chi connectivity index (χ0) is 21.0. The van der Waals surface area contributed by atoms with Crippen LogP contribution in [0.15, 0.2) is 41.4 Å². The van der Waals surface area contributed by atoms with Crippen molar-refractivity contribution >= 4 is 28.6 Å². The lowest BCUT2D eigenvalue weighted by Crippen LogP contribution is -2.19. The lowest BCUT2D eigenvalue weighted by molar-refractivity contribution is 0.0600. The van der Waals surface area contributed by atoms with E-state index in [0.29, 0.717) is 34.1 Å². The van der Waals surface area contributed by atoms with Crippen molar-refractivity contribution in [2.75, 3.05) is 34.2 Å². The van der Waals surface area contributed by atoms with E-state index in [1.54, 1.807) is 36.4 Å². The van der Waals surface area contributed by atoms with Crippen LogP contribution in [0, 0.1) is 0 Å². The highest BCUT2D eigenvalue weighted by Crippen LogP contribution is 2.39. The monoisotopic (exact) mass is 415 g/mol. The molecule has 2 aromatic rings. The van der Waals surface area contributed by atoms with E-state index in [1.165, 1.54) is 40.2 Å². The molecule has 1 unspecified atom stereocenters. The molecule has 7 nitrogen and oxygen atoms in total. The molecule has 0 amide bonds. The zero-order valence-electron chi connectivity index (χ0n) is 16.6. The first kappa shape index (κ1) is 20.7. The molecule has 3 rings (SSSR count). The fraction of sp³-hybridized carbons (Fsp3) is 0.286. The van der Waals surface area contributed by atoms with E-state index in [1.807, 2.05) is 0 Å². The molecule has 0 bridgehead atoms. The molecule has 29 heavy (non-hydrogen) atoms. The Kier molecular flexibility index (Phi) is 6.43. The van der Waals surface area contributed by atoms with E-state index in [9.17, 15) is 9.59 Å². The van der Waals surface area contributed by atoms with Crippen LogP contribution in [0.4, 0.5) is 0 Å². The molecule has 1 aliphatic rings. The largest absolute Gasteiger partial charge is 0.493 e. The van der Waals surface area contributed by atoms with Gasteiger partial charge in [-0.2, -0.15) is 0 Å². The first-order chi connectivity index (χ1) is 14.0. The van der Waals surface area contributed by atoms with Crippen molar-refractivity contribution < 1.29 is 28.5 Å². The Labute approximate surface area is 173 Å². The van der Waals surface area contributed by atoms with Crippen LogP contribution in [-0.2, 0) is 4.74 Å². The van der Waals surface area contributed by atoms with E-state index < -0.39 is 12.0 Å². The molecule has 0 spiro atoms. The van der Waals surface area contributed by atoms with Crippen LogP contribution in [0.25, 0.3) is 0 Å². The molecule has 0 radical (unpaired) electrons. The van der Waals surface area contributed by atoms with Crippen LogP contribution < -0.4 is 14.2 Å². The summed E-state index contributed by atoms with van der Waals surface area (Å²) in [5.41, 5.74) is 1.75. The molecule has 0 aliphatic carbocycles. The van der Waals surface area contributed by atoms with Crippen molar-refractivity contribution in [3.63, 3.8) is 0 Å². The summed E-state index contributed by atoms with van der Waals surface area (Å²) in [6.45, 7) is 0. The number of methoxy groups -OCH3 is 4. The summed E-state index contributed by atoms with van der Waals surface area (Å²) in [5, 5.41) is 0.757. The summed E-state index contributed by atoms with van der Waals surface area (Å²) < 4.78 is 20.7. The summed E-state index contributed by atoms with van der Waals surface area (Å²) in [4.78, 5) is 29.2. The normalized spacial score (nSPS) is 15.4. The van der Waals surface area contributed by atoms with Gasteiger partial charge >= 0.3 is 5.97 Å². The fourth-order valence-electron chi connectivity index (χ4n) is 2.95. The van der Waals surface area contributed by atoms with Crippen LogP contribution >= 0.6 is 11.8 Å². The molecule has 1 aliphatic heterocycles. The molecule has 1 heterocycles. The highest BCUT2D eigenvalue weighted by Gasteiger charge is 2.28. The number of hydrogen-bond acceptors (Lipinski definition) is 8. The van der Waals surface area contributed by atoms with Gasteiger partial charge in [-0.3, -0.25) is 9.79 Å².